The van der Waals surface area contributed by atoms with Gasteiger partial charge in [0, 0.05) is 37.9 Å². The fourth-order valence-electron chi connectivity index (χ4n) is 1.85. The van der Waals surface area contributed by atoms with Gasteiger partial charge in [0.2, 0.25) is 0 Å². The van der Waals surface area contributed by atoms with Crippen molar-refractivity contribution in [2.24, 2.45) is 12.8 Å². The molecule has 1 aromatic carbocycles. The molecule has 0 spiro atoms. The van der Waals surface area contributed by atoms with E-state index in [0.717, 1.165) is 11.5 Å². The Morgan fingerprint density at radius 3 is 2.79 bits per heavy atom. The molecule has 0 aliphatic carbocycles. The van der Waals surface area contributed by atoms with E-state index in [2.05, 4.69) is 4.98 Å². The maximum absolute atomic E-state index is 11.3. The summed E-state index contributed by atoms with van der Waals surface area (Å²) in [5.74, 6) is 0.407. The third-order valence-corrected chi connectivity index (χ3v) is 3.04. The van der Waals surface area contributed by atoms with Gasteiger partial charge < -0.3 is 20.9 Å². The van der Waals surface area contributed by atoms with Crippen molar-refractivity contribution in [1.29, 1.82) is 0 Å². The van der Waals surface area contributed by atoms with Crippen molar-refractivity contribution in [1.82, 2.24) is 9.55 Å². The van der Waals surface area contributed by atoms with Crippen LogP contribution in [-0.2, 0) is 13.6 Å². The van der Waals surface area contributed by atoms with Gasteiger partial charge in [0.05, 0.1) is 12.1 Å². The highest BCUT2D eigenvalue weighted by Crippen LogP contribution is 2.21. The Kier molecular flexibility index (Phi) is 3.41. The third kappa shape index (κ3) is 2.67. The molecule has 2 rings (SSSR count). The number of nitrogens with two attached hydrogens (primary N) is 2. The van der Waals surface area contributed by atoms with E-state index in [0.29, 0.717) is 17.8 Å². The summed E-state index contributed by atoms with van der Waals surface area (Å²) in [7, 11) is 3.86. The van der Waals surface area contributed by atoms with Gasteiger partial charge in [0.1, 0.15) is 5.82 Å². The minimum atomic E-state index is -0.523. The minimum Gasteiger partial charge on any atom is -0.398 e. The van der Waals surface area contributed by atoms with Crippen molar-refractivity contribution < 1.29 is 4.79 Å². The van der Waals surface area contributed by atoms with E-state index in [1.165, 1.54) is 0 Å². The first-order valence-electron chi connectivity index (χ1n) is 5.85. The number of carbonyl (C=O) groups is 1. The number of carbonyl (C=O) groups excluding carboxylic acids is 1. The van der Waals surface area contributed by atoms with E-state index >= 15 is 0 Å². The van der Waals surface area contributed by atoms with Crippen LogP contribution in [0.4, 0.5) is 11.4 Å². The summed E-state index contributed by atoms with van der Waals surface area (Å²) in [4.78, 5) is 17.5. The van der Waals surface area contributed by atoms with Crippen LogP contribution in [0.1, 0.15) is 16.2 Å². The van der Waals surface area contributed by atoms with E-state index in [4.69, 9.17) is 11.5 Å². The highest BCUT2D eigenvalue weighted by molar-refractivity contribution is 5.99. The van der Waals surface area contributed by atoms with Gasteiger partial charge in [-0.1, -0.05) is 0 Å². The summed E-state index contributed by atoms with van der Waals surface area (Å²) in [5, 5.41) is 0. The van der Waals surface area contributed by atoms with Crippen molar-refractivity contribution in [3.63, 3.8) is 0 Å². The van der Waals surface area contributed by atoms with Gasteiger partial charge in [-0.05, 0) is 18.2 Å². The number of primary amides is 1. The Morgan fingerprint density at radius 1 is 1.47 bits per heavy atom. The normalized spacial score (nSPS) is 10.4. The molecule has 2 aromatic rings. The van der Waals surface area contributed by atoms with E-state index < -0.39 is 5.91 Å². The lowest BCUT2D eigenvalue weighted by molar-refractivity contribution is 0.100. The number of nitrogens with zero attached hydrogens (tertiary/aromatic N) is 3. The SMILES string of the molecule is CN(Cc1nccn1C)c1ccc(N)c(C(N)=O)c1. The predicted octanol–water partition coefficient (Wildman–Crippen LogP) is 0.738. The van der Waals surface area contributed by atoms with Gasteiger partial charge in [-0.2, -0.15) is 0 Å². The van der Waals surface area contributed by atoms with E-state index in [1.807, 2.05) is 35.8 Å². The third-order valence-electron chi connectivity index (χ3n) is 3.04. The Bertz CT molecular complexity index is 605. The number of anilines is 2. The molecule has 0 atom stereocenters. The maximum atomic E-state index is 11.3. The lowest BCUT2D eigenvalue weighted by Gasteiger charge is -2.20. The highest BCUT2D eigenvalue weighted by Gasteiger charge is 2.10. The highest BCUT2D eigenvalue weighted by atomic mass is 16.1. The molecule has 100 valence electrons. The van der Waals surface area contributed by atoms with Crippen molar-refractivity contribution >= 4 is 17.3 Å². The molecular weight excluding hydrogens is 242 g/mol. The molecule has 0 fully saturated rings. The first kappa shape index (κ1) is 12.9. The van der Waals surface area contributed by atoms with Crippen LogP contribution in [0.25, 0.3) is 0 Å². The lowest BCUT2D eigenvalue weighted by atomic mass is 10.1. The molecule has 0 aliphatic heterocycles. The van der Waals surface area contributed by atoms with Crippen LogP contribution in [-0.4, -0.2) is 22.5 Å². The minimum absolute atomic E-state index is 0.337. The summed E-state index contributed by atoms with van der Waals surface area (Å²) in [6.07, 6.45) is 3.64. The van der Waals surface area contributed by atoms with Gasteiger partial charge in [-0.3, -0.25) is 4.79 Å². The number of imidazole rings is 1. The van der Waals surface area contributed by atoms with Gasteiger partial charge in [0.25, 0.3) is 5.91 Å². The Morgan fingerprint density at radius 2 is 2.21 bits per heavy atom. The molecule has 0 aliphatic rings. The largest absolute Gasteiger partial charge is 0.398 e. The van der Waals surface area contributed by atoms with Crippen LogP contribution in [0.2, 0.25) is 0 Å². The van der Waals surface area contributed by atoms with Crippen LogP contribution in [0.3, 0.4) is 0 Å². The lowest BCUT2D eigenvalue weighted by Crippen LogP contribution is -2.20. The molecule has 1 aromatic heterocycles. The average molecular weight is 259 g/mol. The summed E-state index contributed by atoms with van der Waals surface area (Å²) in [6.45, 7) is 0.631. The zero-order valence-corrected chi connectivity index (χ0v) is 11.0. The second-order valence-electron chi connectivity index (χ2n) is 4.45. The monoisotopic (exact) mass is 259 g/mol. The summed E-state index contributed by atoms with van der Waals surface area (Å²) in [6, 6.07) is 5.23. The summed E-state index contributed by atoms with van der Waals surface area (Å²) in [5.41, 5.74) is 12.6. The Labute approximate surface area is 111 Å². The molecule has 0 bridgehead atoms. The molecule has 0 radical (unpaired) electrons. The van der Waals surface area contributed by atoms with E-state index in [1.54, 1.807) is 18.3 Å². The zero-order valence-electron chi connectivity index (χ0n) is 11.0. The molecule has 0 unspecified atom stereocenters. The number of benzene rings is 1. The Hall–Kier alpha value is -2.50. The molecular formula is C13H17N5O. The first-order valence-corrected chi connectivity index (χ1v) is 5.85. The fraction of sp³-hybridized carbons (Fsp3) is 0.231. The smallest absolute Gasteiger partial charge is 0.250 e. The van der Waals surface area contributed by atoms with Crippen LogP contribution in [0, 0.1) is 0 Å². The summed E-state index contributed by atoms with van der Waals surface area (Å²) < 4.78 is 1.95. The molecule has 6 heteroatoms. The number of aryl methyl sites for hydroxylation is 1. The molecule has 4 N–H and O–H groups in total. The topological polar surface area (TPSA) is 90.2 Å². The molecule has 1 heterocycles. The fourth-order valence-corrected chi connectivity index (χ4v) is 1.85. The van der Waals surface area contributed by atoms with Gasteiger partial charge >= 0.3 is 0 Å². The van der Waals surface area contributed by atoms with Crippen LogP contribution < -0.4 is 16.4 Å². The Balaban J connectivity index is 2.24. The summed E-state index contributed by atoms with van der Waals surface area (Å²) >= 11 is 0. The van der Waals surface area contributed by atoms with Crippen LogP contribution in [0.15, 0.2) is 30.6 Å². The number of rotatable bonds is 4. The molecule has 6 nitrogen and oxygen atoms in total. The number of hydrogen-bond acceptors (Lipinski definition) is 4. The van der Waals surface area contributed by atoms with Gasteiger partial charge in [0.15, 0.2) is 0 Å². The van der Waals surface area contributed by atoms with Crippen molar-refractivity contribution in [3.8, 4) is 0 Å². The predicted molar refractivity (Wildman–Crippen MR) is 74.7 cm³/mol. The molecule has 0 saturated carbocycles. The second kappa shape index (κ2) is 5.01. The van der Waals surface area contributed by atoms with Crippen molar-refractivity contribution in [2.75, 3.05) is 17.7 Å². The van der Waals surface area contributed by atoms with Crippen LogP contribution in [0.5, 0.6) is 0 Å². The number of nitrogen functional groups attached to an aromatic ring is 1. The number of amides is 1. The van der Waals surface area contributed by atoms with Gasteiger partial charge in [-0.15, -0.1) is 0 Å². The maximum Gasteiger partial charge on any atom is 0.250 e. The molecule has 0 saturated heterocycles. The quantitative estimate of drug-likeness (QED) is 0.792. The van der Waals surface area contributed by atoms with Crippen LogP contribution >= 0.6 is 0 Å². The number of hydrogen-bond donors (Lipinski definition) is 2. The van der Waals surface area contributed by atoms with Gasteiger partial charge in [-0.25, -0.2) is 4.98 Å². The van der Waals surface area contributed by atoms with E-state index in [9.17, 15) is 4.79 Å². The standard InChI is InChI=1S/C13H17N5O/c1-17-6-5-16-12(17)8-18(2)9-3-4-11(14)10(7-9)13(15)19/h3-7H,8,14H2,1-2H3,(H2,15,19). The first-order chi connectivity index (χ1) is 8.99. The van der Waals surface area contributed by atoms with Crippen molar-refractivity contribution in [2.45, 2.75) is 6.54 Å². The van der Waals surface area contributed by atoms with E-state index in [-0.39, 0.29) is 0 Å². The zero-order chi connectivity index (χ0) is 14.0. The van der Waals surface area contributed by atoms with Crippen molar-refractivity contribution in [3.05, 3.63) is 42.0 Å². The number of aromatic nitrogens is 2. The second-order valence-corrected chi connectivity index (χ2v) is 4.45. The molecule has 19 heavy (non-hydrogen) atoms. The average Bonchev–Trinajstić information content (AvgIpc) is 2.75. The molecule has 1 amide bonds.